The van der Waals surface area contributed by atoms with Crippen molar-refractivity contribution in [3.05, 3.63) is 94.6 Å². The maximum Gasteiger partial charge on any atom is 0.342 e. The van der Waals surface area contributed by atoms with Crippen LogP contribution in [0.3, 0.4) is 0 Å². The lowest BCUT2D eigenvalue weighted by Gasteiger charge is -2.26. The summed E-state index contributed by atoms with van der Waals surface area (Å²) in [7, 11) is 3.10. The monoisotopic (exact) mass is 856 g/mol. The SMILES string of the molecule is COc1cc(C=O)cc(OC(C)C)c1OC(C)C.COc1cc(CC2=C(c3ccc4nsnc4c3)C(=O)OC2(O)c2ccc(OC(C)C)cc2)cc(OC(C)C)c1OC(C)C. The van der Waals surface area contributed by atoms with Crippen LogP contribution in [0, 0.1) is 0 Å². The van der Waals surface area contributed by atoms with Crippen molar-refractivity contribution in [3.63, 3.8) is 0 Å². The number of hydrogen-bond acceptors (Lipinski definition) is 14. The van der Waals surface area contributed by atoms with Gasteiger partial charge >= 0.3 is 5.97 Å². The highest BCUT2D eigenvalue weighted by Crippen LogP contribution is 2.47. The number of nitrogens with zero attached hydrogens (tertiary/aromatic N) is 2. The normalized spacial score (nSPS) is 15.0. The first-order valence-electron chi connectivity index (χ1n) is 20.2. The van der Waals surface area contributed by atoms with Gasteiger partial charge in [0.15, 0.2) is 23.0 Å². The highest BCUT2D eigenvalue weighted by atomic mass is 32.1. The third-order valence-electron chi connectivity index (χ3n) is 8.83. The first kappa shape index (κ1) is 46.2. The predicted molar refractivity (Wildman–Crippen MR) is 235 cm³/mol. The highest BCUT2D eigenvalue weighted by molar-refractivity contribution is 7.00. The van der Waals surface area contributed by atoms with Gasteiger partial charge in [-0.05, 0) is 141 Å². The van der Waals surface area contributed by atoms with E-state index in [4.69, 9.17) is 37.9 Å². The van der Waals surface area contributed by atoms with Crippen molar-refractivity contribution in [3.8, 4) is 40.2 Å². The smallest absolute Gasteiger partial charge is 0.342 e. The summed E-state index contributed by atoms with van der Waals surface area (Å²) in [5.74, 6) is 0.975. The molecule has 1 unspecified atom stereocenters. The molecule has 0 saturated carbocycles. The van der Waals surface area contributed by atoms with Gasteiger partial charge in [0.1, 0.15) is 23.1 Å². The summed E-state index contributed by atoms with van der Waals surface area (Å²) in [6, 6.07) is 19.3. The summed E-state index contributed by atoms with van der Waals surface area (Å²) < 4.78 is 54.8. The summed E-state index contributed by atoms with van der Waals surface area (Å²) in [6.45, 7) is 19.3. The minimum atomic E-state index is -2.04. The van der Waals surface area contributed by atoms with Crippen molar-refractivity contribution in [2.24, 2.45) is 0 Å². The van der Waals surface area contributed by atoms with Gasteiger partial charge in [-0.15, -0.1) is 0 Å². The largest absolute Gasteiger partial charge is 0.493 e. The molecule has 1 aliphatic heterocycles. The van der Waals surface area contributed by atoms with Gasteiger partial charge in [-0.1, -0.05) is 6.07 Å². The van der Waals surface area contributed by atoms with Crippen molar-refractivity contribution in [1.29, 1.82) is 0 Å². The Balaban J connectivity index is 0.000000328. The standard InChI is InChI=1S/C33H36N2O7S.C14H20O4/c1-18(2)39-24-11-9-23(10-12-24)33(37)25(30(32(36)42-33)22-8-13-26-27(17-22)35-43-34-26)14-21-15-28(38-7)31(41-20(5)6)29(16-21)40-19(3)4;1-9(2)17-13-7-11(8-15)6-12(16-5)14(13)18-10(3)4/h8-13,15-20,37H,14H2,1-7H3;6-10H,1-5H3. The number of fused-ring (bicyclic) bond motifs is 1. The first-order chi connectivity index (χ1) is 29.0. The second-order valence-electron chi connectivity index (χ2n) is 15.7. The van der Waals surface area contributed by atoms with E-state index < -0.39 is 11.8 Å². The molecule has 4 aromatic carbocycles. The lowest BCUT2D eigenvalue weighted by atomic mass is 9.87. The molecule has 1 aliphatic rings. The van der Waals surface area contributed by atoms with E-state index in [0.717, 1.165) is 29.1 Å². The van der Waals surface area contributed by atoms with Crippen LogP contribution in [-0.2, 0) is 21.7 Å². The van der Waals surface area contributed by atoms with Crippen molar-refractivity contribution >= 4 is 40.6 Å². The second-order valence-corrected chi connectivity index (χ2v) is 16.2. The van der Waals surface area contributed by atoms with Gasteiger partial charge < -0.3 is 43.0 Å². The molecule has 0 fully saturated rings. The van der Waals surface area contributed by atoms with Gasteiger partial charge in [0.25, 0.3) is 5.79 Å². The molecule has 0 amide bonds. The number of aliphatic hydroxyl groups is 1. The Morgan fingerprint density at radius 3 is 1.70 bits per heavy atom. The molecule has 1 N–H and O–H groups in total. The van der Waals surface area contributed by atoms with Gasteiger partial charge in [0.05, 0.1) is 62.0 Å². The van der Waals surface area contributed by atoms with E-state index in [2.05, 4.69) is 8.75 Å². The molecule has 1 atom stereocenters. The molecule has 0 bridgehead atoms. The van der Waals surface area contributed by atoms with Crippen molar-refractivity contribution in [2.75, 3.05) is 14.2 Å². The van der Waals surface area contributed by atoms with E-state index in [1.165, 1.54) is 7.11 Å². The zero-order valence-corrected chi connectivity index (χ0v) is 37.7. The number of aldehydes is 1. The van der Waals surface area contributed by atoms with E-state index in [1.54, 1.807) is 61.7 Å². The van der Waals surface area contributed by atoms with Crippen molar-refractivity contribution in [2.45, 2.75) is 112 Å². The second kappa shape index (κ2) is 20.1. The van der Waals surface area contributed by atoms with Crippen LogP contribution in [0.15, 0.2) is 72.3 Å². The number of methoxy groups -OCH3 is 2. The third kappa shape index (κ3) is 11.3. The Morgan fingerprint density at radius 1 is 0.656 bits per heavy atom. The molecule has 1 aromatic heterocycles. The van der Waals surface area contributed by atoms with Crippen LogP contribution < -0.4 is 33.2 Å². The summed E-state index contributed by atoms with van der Waals surface area (Å²) in [4.78, 5) is 24.5. The zero-order valence-electron chi connectivity index (χ0n) is 36.9. The average molecular weight is 857 g/mol. The minimum Gasteiger partial charge on any atom is -0.493 e. The number of benzene rings is 4. The first-order valence-corrected chi connectivity index (χ1v) is 20.9. The molecule has 0 saturated heterocycles. The quantitative estimate of drug-likeness (QED) is 0.0698. The average Bonchev–Trinajstić information content (AvgIpc) is 3.76. The number of aromatic nitrogens is 2. The van der Waals surface area contributed by atoms with Gasteiger partial charge in [0.2, 0.25) is 11.5 Å². The molecular weight excluding hydrogens is 801 g/mol. The van der Waals surface area contributed by atoms with Crippen LogP contribution in [0.2, 0.25) is 0 Å². The van der Waals surface area contributed by atoms with Crippen LogP contribution in [-0.4, -0.2) is 70.8 Å². The molecule has 0 spiro atoms. The summed E-state index contributed by atoms with van der Waals surface area (Å²) in [5, 5.41) is 12.2. The maximum atomic E-state index is 13.6. The Morgan fingerprint density at radius 2 is 1.16 bits per heavy atom. The van der Waals surface area contributed by atoms with Crippen LogP contribution in [0.5, 0.6) is 40.2 Å². The zero-order chi connectivity index (χ0) is 44.6. The Labute approximate surface area is 361 Å². The Hall–Kier alpha value is -5.86. The minimum absolute atomic E-state index is 0.00417. The number of carbonyl (C=O) groups excluding carboxylic acids is 2. The van der Waals surface area contributed by atoms with E-state index in [1.807, 2.05) is 81.4 Å². The molecular formula is C47H56N2O11S. The molecule has 13 nitrogen and oxygen atoms in total. The van der Waals surface area contributed by atoms with E-state index >= 15 is 0 Å². The van der Waals surface area contributed by atoms with E-state index in [9.17, 15) is 14.7 Å². The topological polar surface area (TPSA) is 154 Å². The molecule has 5 aromatic rings. The fraction of sp³-hybridized carbons (Fsp3) is 0.404. The van der Waals surface area contributed by atoms with Gasteiger partial charge in [-0.25, -0.2) is 4.79 Å². The third-order valence-corrected chi connectivity index (χ3v) is 9.38. The lowest BCUT2D eigenvalue weighted by molar-refractivity contribution is -0.185. The highest BCUT2D eigenvalue weighted by Gasteiger charge is 2.48. The Bertz CT molecular complexity index is 2330. The number of esters is 1. The van der Waals surface area contributed by atoms with E-state index in [0.29, 0.717) is 68.0 Å². The van der Waals surface area contributed by atoms with Crippen LogP contribution in [0.1, 0.15) is 96.3 Å². The number of ether oxygens (including phenoxy) is 8. The fourth-order valence-corrected chi connectivity index (χ4v) is 7.05. The molecule has 61 heavy (non-hydrogen) atoms. The van der Waals surface area contributed by atoms with Gasteiger partial charge in [0, 0.05) is 23.1 Å². The van der Waals surface area contributed by atoms with Crippen LogP contribution >= 0.6 is 11.7 Å². The van der Waals surface area contributed by atoms with Gasteiger partial charge in [-0.2, -0.15) is 8.75 Å². The number of hydrogen-bond donors (Lipinski definition) is 1. The van der Waals surface area contributed by atoms with Crippen LogP contribution in [0.4, 0.5) is 0 Å². The lowest BCUT2D eigenvalue weighted by Crippen LogP contribution is -2.29. The summed E-state index contributed by atoms with van der Waals surface area (Å²) in [6.07, 6.45) is 0.614. The van der Waals surface area contributed by atoms with Crippen LogP contribution in [0.25, 0.3) is 16.6 Å². The van der Waals surface area contributed by atoms with Gasteiger partial charge in [-0.3, -0.25) is 4.79 Å². The predicted octanol–water partition coefficient (Wildman–Crippen LogP) is 9.54. The van der Waals surface area contributed by atoms with Crippen molar-refractivity contribution in [1.82, 2.24) is 8.75 Å². The molecule has 6 rings (SSSR count). The summed E-state index contributed by atoms with van der Waals surface area (Å²) >= 11 is 1.09. The summed E-state index contributed by atoms with van der Waals surface area (Å²) in [5.41, 5.74) is 4.18. The molecule has 326 valence electrons. The Kier molecular flexibility index (Phi) is 15.3. The fourth-order valence-electron chi connectivity index (χ4n) is 6.53. The van der Waals surface area contributed by atoms with Crippen molar-refractivity contribution < 1.29 is 52.6 Å². The number of cyclic esters (lactones) is 1. The molecule has 0 aliphatic carbocycles. The maximum absolute atomic E-state index is 13.6. The number of rotatable bonds is 17. The van der Waals surface area contributed by atoms with E-state index in [-0.39, 0.29) is 42.5 Å². The number of carbonyl (C=O) groups is 2. The molecule has 2 heterocycles. The molecule has 0 radical (unpaired) electrons. The molecule has 14 heteroatoms.